The highest BCUT2D eigenvalue weighted by Crippen LogP contribution is 2.18. The molecule has 2 aromatic heterocycles. The van der Waals surface area contributed by atoms with E-state index in [9.17, 15) is 4.79 Å². The molecule has 2 aromatic rings. The first kappa shape index (κ1) is 12.4. The third-order valence-electron chi connectivity index (χ3n) is 3.41. The van der Waals surface area contributed by atoms with Crippen molar-refractivity contribution in [2.75, 3.05) is 0 Å². The fraction of sp³-hybridized carbons (Fsp3) is 0.429. The summed E-state index contributed by atoms with van der Waals surface area (Å²) < 4.78 is 2.16. The molecule has 1 aliphatic rings. The van der Waals surface area contributed by atoms with Crippen molar-refractivity contribution in [2.24, 2.45) is 0 Å². The van der Waals surface area contributed by atoms with E-state index >= 15 is 0 Å². The topological polar surface area (TPSA) is 46.9 Å². The first-order valence-corrected chi connectivity index (χ1v) is 7.33. The molecule has 5 heteroatoms. The van der Waals surface area contributed by atoms with Gasteiger partial charge in [0.15, 0.2) is 0 Å². The summed E-state index contributed by atoms with van der Waals surface area (Å²) in [6.45, 7) is 4.85. The van der Waals surface area contributed by atoms with Gasteiger partial charge in [-0.3, -0.25) is 4.79 Å². The molecule has 100 valence electrons. The zero-order chi connectivity index (χ0) is 13.4. The standard InChI is InChI=1S/C14H17N3OS/c1-9-7-17-8-11(4-6-13(17)15-9)16-14(18)12-5-3-10(2)19-12/h3,5,7,11H,4,6,8H2,1-2H3,(H,16,18)/t11-/m1/s1. The third kappa shape index (κ3) is 2.56. The molecule has 0 radical (unpaired) electrons. The zero-order valence-electron chi connectivity index (χ0n) is 11.1. The molecule has 0 unspecified atom stereocenters. The maximum Gasteiger partial charge on any atom is 0.261 e. The number of hydrogen-bond acceptors (Lipinski definition) is 3. The lowest BCUT2D eigenvalue weighted by Gasteiger charge is -2.24. The number of imidazole rings is 1. The molecular formula is C14H17N3OS. The second-order valence-electron chi connectivity index (χ2n) is 5.07. The molecule has 0 fully saturated rings. The fourth-order valence-electron chi connectivity index (χ4n) is 2.52. The number of hydrogen-bond donors (Lipinski definition) is 1. The Morgan fingerprint density at radius 1 is 1.47 bits per heavy atom. The SMILES string of the molecule is Cc1cn2c(n1)CC[C@@H](NC(=O)c1ccc(C)s1)C2. The molecule has 3 heterocycles. The Labute approximate surface area is 116 Å². The number of aryl methyl sites for hydroxylation is 3. The van der Waals surface area contributed by atoms with Gasteiger partial charge in [-0.2, -0.15) is 0 Å². The fourth-order valence-corrected chi connectivity index (χ4v) is 3.29. The monoisotopic (exact) mass is 275 g/mol. The lowest BCUT2D eigenvalue weighted by atomic mass is 10.1. The van der Waals surface area contributed by atoms with Gasteiger partial charge in [-0.25, -0.2) is 4.98 Å². The number of thiophene rings is 1. The van der Waals surface area contributed by atoms with Gasteiger partial charge in [0.1, 0.15) is 5.82 Å². The Hall–Kier alpha value is -1.62. The van der Waals surface area contributed by atoms with E-state index in [1.807, 2.05) is 26.0 Å². The predicted molar refractivity (Wildman–Crippen MR) is 75.6 cm³/mol. The molecule has 1 atom stereocenters. The van der Waals surface area contributed by atoms with Crippen LogP contribution in [0, 0.1) is 13.8 Å². The van der Waals surface area contributed by atoms with Crippen LogP contribution in [0.5, 0.6) is 0 Å². The molecule has 0 bridgehead atoms. The molecule has 0 spiro atoms. The smallest absolute Gasteiger partial charge is 0.261 e. The van der Waals surface area contributed by atoms with Crippen molar-refractivity contribution in [3.63, 3.8) is 0 Å². The van der Waals surface area contributed by atoms with Crippen molar-refractivity contribution < 1.29 is 4.79 Å². The Balaban J connectivity index is 1.67. The van der Waals surface area contributed by atoms with Crippen LogP contribution in [0.4, 0.5) is 0 Å². The second-order valence-corrected chi connectivity index (χ2v) is 6.36. The van der Waals surface area contributed by atoms with Gasteiger partial charge in [-0.05, 0) is 32.4 Å². The van der Waals surface area contributed by atoms with Gasteiger partial charge >= 0.3 is 0 Å². The van der Waals surface area contributed by atoms with Gasteiger partial charge in [0, 0.05) is 30.1 Å². The summed E-state index contributed by atoms with van der Waals surface area (Å²) in [6.07, 6.45) is 3.96. The molecule has 0 aromatic carbocycles. The van der Waals surface area contributed by atoms with E-state index in [1.54, 1.807) is 11.3 Å². The van der Waals surface area contributed by atoms with Crippen LogP contribution < -0.4 is 5.32 Å². The number of rotatable bonds is 2. The number of amides is 1. The van der Waals surface area contributed by atoms with Crippen molar-refractivity contribution in [3.8, 4) is 0 Å². The minimum Gasteiger partial charge on any atom is -0.347 e. The van der Waals surface area contributed by atoms with E-state index in [-0.39, 0.29) is 11.9 Å². The molecule has 1 N–H and O–H groups in total. The molecule has 1 amide bonds. The van der Waals surface area contributed by atoms with Crippen LogP contribution in [0.15, 0.2) is 18.3 Å². The largest absolute Gasteiger partial charge is 0.347 e. The summed E-state index contributed by atoms with van der Waals surface area (Å²) in [5.74, 6) is 1.18. The van der Waals surface area contributed by atoms with Crippen molar-refractivity contribution >= 4 is 17.2 Å². The van der Waals surface area contributed by atoms with Gasteiger partial charge in [0.25, 0.3) is 5.91 Å². The number of aromatic nitrogens is 2. The highest BCUT2D eigenvalue weighted by Gasteiger charge is 2.22. The van der Waals surface area contributed by atoms with Crippen LogP contribution in [-0.4, -0.2) is 21.5 Å². The number of carbonyl (C=O) groups is 1. The summed E-state index contributed by atoms with van der Waals surface area (Å²) in [5.41, 5.74) is 1.05. The van der Waals surface area contributed by atoms with Gasteiger partial charge < -0.3 is 9.88 Å². The molecule has 0 saturated heterocycles. The number of carbonyl (C=O) groups excluding carboxylic acids is 1. The van der Waals surface area contributed by atoms with Crippen LogP contribution in [0.3, 0.4) is 0 Å². The van der Waals surface area contributed by atoms with E-state index in [1.165, 1.54) is 4.88 Å². The summed E-state index contributed by atoms with van der Waals surface area (Å²) in [5, 5.41) is 3.12. The summed E-state index contributed by atoms with van der Waals surface area (Å²) in [7, 11) is 0. The van der Waals surface area contributed by atoms with Crippen molar-refractivity contribution in [2.45, 2.75) is 39.3 Å². The van der Waals surface area contributed by atoms with Gasteiger partial charge in [-0.15, -0.1) is 11.3 Å². The molecule has 1 aliphatic heterocycles. The van der Waals surface area contributed by atoms with Crippen molar-refractivity contribution in [3.05, 3.63) is 39.6 Å². The van der Waals surface area contributed by atoms with Crippen LogP contribution in [0.25, 0.3) is 0 Å². The summed E-state index contributed by atoms with van der Waals surface area (Å²) >= 11 is 1.54. The second kappa shape index (κ2) is 4.81. The Morgan fingerprint density at radius 2 is 2.32 bits per heavy atom. The molecule has 19 heavy (non-hydrogen) atoms. The summed E-state index contributed by atoms with van der Waals surface area (Å²) in [4.78, 5) is 18.6. The molecule has 3 rings (SSSR count). The quantitative estimate of drug-likeness (QED) is 0.914. The van der Waals surface area contributed by atoms with E-state index in [4.69, 9.17) is 0 Å². The van der Waals surface area contributed by atoms with Crippen LogP contribution in [0.2, 0.25) is 0 Å². The normalized spacial score (nSPS) is 18.1. The Kier molecular flexibility index (Phi) is 3.14. The molecule has 4 nitrogen and oxygen atoms in total. The van der Waals surface area contributed by atoms with Gasteiger partial charge in [0.2, 0.25) is 0 Å². The van der Waals surface area contributed by atoms with Crippen LogP contribution in [-0.2, 0) is 13.0 Å². The lowest BCUT2D eigenvalue weighted by Crippen LogP contribution is -2.40. The maximum atomic E-state index is 12.1. The van der Waals surface area contributed by atoms with E-state index in [2.05, 4.69) is 21.1 Å². The minimum absolute atomic E-state index is 0.0448. The molecule has 0 aliphatic carbocycles. The van der Waals surface area contributed by atoms with Gasteiger partial charge in [-0.1, -0.05) is 0 Å². The number of fused-ring (bicyclic) bond motifs is 1. The predicted octanol–water partition coefficient (Wildman–Crippen LogP) is 2.31. The first-order chi connectivity index (χ1) is 9.11. The average molecular weight is 275 g/mol. The van der Waals surface area contributed by atoms with E-state index in [0.717, 1.165) is 35.8 Å². The third-order valence-corrected chi connectivity index (χ3v) is 4.41. The maximum absolute atomic E-state index is 12.1. The van der Waals surface area contributed by atoms with Crippen LogP contribution in [0.1, 0.15) is 32.5 Å². The van der Waals surface area contributed by atoms with E-state index < -0.39 is 0 Å². The van der Waals surface area contributed by atoms with Crippen molar-refractivity contribution in [1.82, 2.24) is 14.9 Å². The molecule has 0 saturated carbocycles. The first-order valence-electron chi connectivity index (χ1n) is 6.52. The molecular weight excluding hydrogens is 258 g/mol. The summed E-state index contributed by atoms with van der Waals surface area (Å²) in [6, 6.07) is 4.08. The number of nitrogens with zero attached hydrogens (tertiary/aromatic N) is 2. The highest BCUT2D eigenvalue weighted by atomic mass is 32.1. The van der Waals surface area contributed by atoms with E-state index in [0.29, 0.717) is 0 Å². The average Bonchev–Trinajstić information content (AvgIpc) is 2.93. The Morgan fingerprint density at radius 3 is 3.05 bits per heavy atom. The van der Waals surface area contributed by atoms with Crippen molar-refractivity contribution in [1.29, 1.82) is 0 Å². The minimum atomic E-state index is 0.0448. The number of nitrogens with one attached hydrogen (secondary N) is 1. The van der Waals surface area contributed by atoms with Gasteiger partial charge in [0.05, 0.1) is 10.6 Å². The zero-order valence-corrected chi connectivity index (χ0v) is 12.0. The lowest BCUT2D eigenvalue weighted by molar-refractivity contribution is 0.0931. The highest BCUT2D eigenvalue weighted by molar-refractivity contribution is 7.13. The van der Waals surface area contributed by atoms with Crippen LogP contribution >= 0.6 is 11.3 Å². The Bertz CT molecular complexity index is 614.